The van der Waals surface area contributed by atoms with Crippen molar-refractivity contribution >= 4 is 22.6 Å². The lowest BCUT2D eigenvalue weighted by atomic mass is 10.1. The van der Waals surface area contributed by atoms with Crippen LogP contribution in [0, 0.1) is 20.8 Å². The summed E-state index contributed by atoms with van der Waals surface area (Å²) in [4.78, 5) is 16.8. The highest BCUT2D eigenvalue weighted by molar-refractivity contribution is 7.10. The molecule has 1 heterocycles. The highest BCUT2D eigenvalue weighted by Gasteiger charge is 2.18. The zero-order valence-electron chi connectivity index (χ0n) is 15.2. The molecule has 1 atom stereocenters. The predicted molar refractivity (Wildman–Crippen MR) is 105 cm³/mol. The molecular weight excluding hydrogens is 346 g/mol. The van der Waals surface area contributed by atoms with Gasteiger partial charge in [0.25, 0.3) is 5.91 Å². The number of anilines is 1. The molecule has 26 heavy (non-hydrogen) atoms. The molecule has 0 aliphatic rings. The van der Waals surface area contributed by atoms with Crippen LogP contribution < -0.4 is 10.1 Å². The molecule has 1 unspecified atom stereocenters. The number of benzene rings is 2. The Morgan fingerprint density at radius 2 is 1.85 bits per heavy atom. The Morgan fingerprint density at radius 1 is 1.12 bits per heavy atom. The molecule has 0 bridgehead atoms. The highest BCUT2D eigenvalue weighted by Crippen LogP contribution is 2.23. The maximum absolute atomic E-state index is 12.4. The second-order valence-electron chi connectivity index (χ2n) is 6.24. The van der Waals surface area contributed by atoms with Gasteiger partial charge in [-0.2, -0.15) is 9.36 Å². The van der Waals surface area contributed by atoms with E-state index >= 15 is 0 Å². The molecule has 1 amide bonds. The number of aromatic nitrogens is 2. The quantitative estimate of drug-likeness (QED) is 0.719. The highest BCUT2D eigenvalue weighted by atomic mass is 32.1. The molecule has 0 fully saturated rings. The van der Waals surface area contributed by atoms with Crippen LogP contribution >= 0.6 is 11.5 Å². The number of ether oxygens (including phenoxy) is 1. The number of hydrogen-bond acceptors (Lipinski definition) is 5. The van der Waals surface area contributed by atoms with Crippen LogP contribution in [0.25, 0.3) is 11.4 Å². The van der Waals surface area contributed by atoms with Crippen LogP contribution in [-0.4, -0.2) is 21.4 Å². The SMILES string of the molecule is Cc1ccc(-c2nsc(NC(=O)C(C)Oc3cccc(C)c3C)n2)cc1. The van der Waals surface area contributed by atoms with E-state index in [1.165, 1.54) is 5.56 Å². The minimum atomic E-state index is -0.637. The molecule has 3 aromatic rings. The van der Waals surface area contributed by atoms with Crippen LogP contribution in [0.4, 0.5) is 5.13 Å². The van der Waals surface area contributed by atoms with E-state index < -0.39 is 6.10 Å². The fourth-order valence-corrected chi connectivity index (χ4v) is 2.99. The first-order valence-corrected chi connectivity index (χ1v) is 9.16. The number of rotatable bonds is 5. The van der Waals surface area contributed by atoms with Crippen molar-refractivity contribution in [2.24, 2.45) is 0 Å². The van der Waals surface area contributed by atoms with Crippen molar-refractivity contribution in [1.82, 2.24) is 9.36 Å². The molecule has 0 radical (unpaired) electrons. The summed E-state index contributed by atoms with van der Waals surface area (Å²) >= 11 is 1.16. The zero-order valence-corrected chi connectivity index (χ0v) is 16.1. The van der Waals surface area contributed by atoms with E-state index in [9.17, 15) is 4.79 Å². The van der Waals surface area contributed by atoms with E-state index in [0.29, 0.717) is 16.7 Å². The molecule has 6 heteroatoms. The van der Waals surface area contributed by atoms with Crippen LogP contribution in [0.5, 0.6) is 5.75 Å². The first-order valence-electron chi connectivity index (χ1n) is 8.38. The average Bonchev–Trinajstić information content (AvgIpc) is 3.08. The largest absolute Gasteiger partial charge is 0.481 e. The number of hydrogen-bond donors (Lipinski definition) is 1. The van der Waals surface area contributed by atoms with E-state index in [1.54, 1.807) is 6.92 Å². The third-order valence-electron chi connectivity index (χ3n) is 4.19. The van der Waals surface area contributed by atoms with Crippen molar-refractivity contribution in [3.8, 4) is 17.1 Å². The topological polar surface area (TPSA) is 64.1 Å². The van der Waals surface area contributed by atoms with Gasteiger partial charge in [0.15, 0.2) is 11.9 Å². The molecule has 1 aromatic heterocycles. The Morgan fingerprint density at radius 3 is 2.58 bits per heavy atom. The summed E-state index contributed by atoms with van der Waals surface area (Å²) in [6.07, 6.45) is -0.637. The van der Waals surface area contributed by atoms with Crippen molar-refractivity contribution in [1.29, 1.82) is 0 Å². The van der Waals surface area contributed by atoms with Gasteiger partial charge >= 0.3 is 0 Å². The molecule has 0 saturated heterocycles. The lowest BCUT2D eigenvalue weighted by molar-refractivity contribution is -0.122. The fraction of sp³-hybridized carbons (Fsp3) is 0.250. The van der Waals surface area contributed by atoms with Gasteiger partial charge in [-0.15, -0.1) is 0 Å². The minimum absolute atomic E-state index is 0.252. The van der Waals surface area contributed by atoms with Gasteiger partial charge in [0.2, 0.25) is 5.13 Å². The van der Waals surface area contributed by atoms with Gasteiger partial charge in [-0.05, 0) is 44.9 Å². The van der Waals surface area contributed by atoms with Gasteiger partial charge in [0.05, 0.1) is 0 Å². The average molecular weight is 367 g/mol. The second kappa shape index (κ2) is 7.66. The maximum Gasteiger partial charge on any atom is 0.266 e. The molecule has 0 aliphatic carbocycles. The summed E-state index contributed by atoms with van der Waals surface area (Å²) in [7, 11) is 0. The van der Waals surface area contributed by atoms with E-state index in [0.717, 1.165) is 28.2 Å². The number of carbonyl (C=O) groups is 1. The zero-order chi connectivity index (χ0) is 18.7. The second-order valence-corrected chi connectivity index (χ2v) is 6.99. The van der Waals surface area contributed by atoms with Gasteiger partial charge in [-0.1, -0.05) is 42.0 Å². The number of nitrogens with one attached hydrogen (secondary N) is 1. The summed E-state index contributed by atoms with van der Waals surface area (Å²) in [5, 5.41) is 3.24. The third-order valence-corrected chi connectivity index (χ3v) is 4.82. The predicted octanol–water partition coefficient (Wildman–Crippen LogP) is 4.54. The van der Waals surface area contributed by atoms with Gasteiger partial charge in [-0.3, -0.25) is 10.1 Å². The van der Waals surface area contributed by atoms with Crippen molar-refractivity contribution in [3.63, 3.8) is 0 Å². The molecule has 0 saturated carbocycles. The molecule has 0 spiro atoms. The summed E-state index contributed by atoms with van der Waals surface area (Å²) in [5.74, 6) is 1.07. The summed E-state index contributed by atoms with van der Waals surface area (Å²) < 4.78 is 10.1. The fourth-order valence-electron chi connectivity index (χ4n) is 2.40. The molecule has 1 N–H and O–H groups in total. The maximum atomic E-state index is 12.4. The molecule has 3 rings (SSSR count). The van der Waals surface area contributed by atoms with Crippen molar-refractivity contribution in [3.05, 3.63) is 59.2 Å². The standard InChI is InChI=1S/C20H21N3O2S/c1-12-8-10-16(11-9-12)18-21-20(26-23-18)22-19(24)15(4)25-17-7-5-6-13(2)14(17)3/h5-11,15H,1-4H3,(H,21,22,23,24). The smallest absolute Gasteiger partial charge is 0.266 e. The van der Waals surface area contributed by atoms with Gasteiger partial charge < -0.3 is 4.74 Å². The third kappa shape index (κ3) is 4.08. The minimum Gasteiger partial charge on any atom is -0.481 e. The Hall–Kier alpha value is -2.73. The lowest BCUT2D eigenvalue weighted by Crippen LogP contribution is -2.30. The summed E-state index contributed by atoms with van der Waals surface area (Å²) in [6.45, 7) is 7.74. The van der Waals surface area contributed by atoms with E-state index in [4.69, 9.17) is 4.74 Å². The monoisotopic (exact) mass is 367 g/mol. The normalized spacial score (nSPS) is 11.8. The first kappa shape index (κ1) is 18.1. The number of carbonyl (C=O) groups excluding carboxylic acids is 1. The van der Waals surface area contributed by atoms with E-state index in [1.807, 2.05) is 63.2 Å². The lowest BCUT2D eigenvalue weighted by Gasteiger charge is -2.16. The molecule has 134 valence electrons. The molecule has 2 aromatic carbocycles. The molecule has 0 aliphatic heterocycles. The van der Waals surface area contributed by atoms with Crippen LogP contribution in [0.3, 0.4) is 0 Å². The van der Waals surface area contributed by atoms with Gasteiger partial charge in [-0.25, -0.2) is 0 Å². The van der Waals surface area contributed by atoms with Crippen molar-refractivity contribution in [2.75, 3.05) is 5.32 Å². The first-order chi connectivity index (χ1) is 12.4. The van der Waals surface area contributed by atoms with Crippen LogP contribution in [0.1, 0.15) is 23.6 Å². The van der Waals surface area contributed by atoms with Crippen molar-refractivity contribution in [2.45, 2.75) is 33.8 Å². The summed E-state index contributed by atoms with van der Waals surface area (Å²) in [5.41, 5.74) is 4.26. The Bertz CT molecular complexity index is 919. The molecular formula is C20H21N3O2S. The summed E-state index contributed by atoms with van der Waals surface area (Å²) in [6, 6.07) is 13.8. The number of aryl methyl sites for hydroxylation is 2. The van der Waals surface area contributed by atoms with Crippen LogP contribution in [0.2, 0.25) is 0 Å². The Kier molecular flexibility index (Phi) is 5.32. The Balaban J connectivity index is 1.66. The van der Waals surface area contributed by atoms with Gasteiger partial charge in [0, 0.05) is 17.1 Å². The Labute approximate surface area is 157 Å². The van der Waals surface area contributed by atoms with Crippen molar-refractivity contribution < 1.29 is 9.53 Å². The van der Waals surface area contributed by atoms with Crippen LogP contribution in [-0.2, 0) is 4.79 Å². The van der Waals surface area contributed by atoms with Crippen LogP contribution in [0.15, 0.2) is 42.5 Å². The number of amides is 1. The number of nitrogens with zero attached hydrogens (tertiary/aromatic N) is 2. The van der Waals surface area contributed by atoms with E-state index in [2.05, 4.69) is 14.7 Å². The van der Waals surface area contributed by atoms with Gasteiger partial charge in [0.1, 0.15) is 5.75 Å². The van der Waals surface area contributed by atoms with E-state index in [-0.39, 0.29) is 5.91 Å². The molecule has 5 nitrogen and oxygen atoms in total.